The van der Waals surface area contributed by atoms with E-state index in [0.29, 0.717) is 0 Å². The second-order valence-corrected chi connectivity index (χ2v) is 6.16. The summed E-state index contributed by atoms with van der Waals surface area (Å²) < 4.78 is 30.4. The quantitative estimate of drug-likeness (QED) is 0.644. The van der Waals surface area contributed by atoms with Crippen LogP contribution in [0.25, 0.3) is 0 Å². The smallest absolute Gasteiger partial charge is 0.273 e. The Bertz CT molecular complexity index is 802. The van der Waals surface area contributed by atoms with Crippen molar-refractivity contribution in [2.75, 3.05) is 11.0 Å². The van der Waals surface area contributed by atoms with Crippen LogP contribution < -0.4 is 9.46 Å². The van der Waals surface area contributed by atoms with E-state index in [1.165, 1.54) is 30.3 Å². The zero-order valence-corrected chi connectivity index (χ0v) is 12.2. The maximum absolute atomic E-state index is 11.3. The van der Waals surface area contributed by atoms with Crippen molar-refractivity contribution in [3.63, 3.8) is 0 Å². The summed E-state index contributed by atoms with van der Waals surface area (Å²) in [6.45, 7) is 0. The number of anilines is 1. The number of phenols is 1. The number of nitro groups is 1. The fourth-order valence-corrected chi connectivity index (χ4v) is 2.20. The lowest BCUT2D eigenvalue weighted by Crippen LogP contribution is -2.10. The van der Waals surface area contributed by atoms with Crippen LogP contribution >= 0.6 is 0 Å². The van der Waals surface area contributed by atoms with Gasteiger partial charge in [-0.25, -0.2) is 8.42 Å². The molecule has 0 saturated carbocycles. The van der Waals surface area contributed by atoms with Crippen molar-refractivity contribution in [1.82, 2.24) is 0 Å². The highest BCUT2D eigenvalue weighted by molar-refractivity contribution is 7.92. The molecule has 22 heavy (non-hydrogen) atoms. The average molecular weight is 324 g/mol. The van der Waals surface area contributed by atoms with Gasteiger partial charge in [0.05, 0.1) is 22.9 Å². The van der Waals surface area contributed by atoms with Gasteiger partial charge >= 0.3 is 0 Å². The number of nitro benzene ring substituents is 1. The Morgan fingerprint density at radius 1 is 1.18 bits per heavy atom. The van der Waals surface area contributed by atoms with Crippen LogP contribution in [-0.2, 0) is 10.0 Å². The van der Waals surface area contributed by atoms with E-state index in [0.717, 1.165) is 18.4 Å². The van der Waals surface area contributed by atoms with E-state index in [2.05, 4.69) is 4.72 Å². The molecule has 0 heterocycles. The molecule has 0 fully saturated rings. The van der Waals surface area contributed by atoms with Gasteiger partial charge in [-0.15, -0.1) is 0 Å². The maximum atomic E-state index is 11.3. The highest BCUT2D eigenvalue weighted by Crippen LogP contribution is 2.34. The number of nitrogens with one attached hydrogen (secondary N) is 1. The van der Waals surface area contributed by atoms with E-state index < -0.39 is 14.9 Å². The maximum Gasteiger partial charge on any atom is 0.273 e. The molecule has 2 aromatic carbocycles. The fourth-order valence-electron chi connectivity index (χ4n) is 1.63. The summed E-state index contributed by atoms with van der Waals surface area (Å²) in [5.74, 6) is 0.293. The van der Waals surface area contributed by atoms with E-state index in [9.17, 15) is 23.6 Å². The lowest BCUT2D eigenvalue weighted by Gasteiger charge is -2.12. The van der Waals surface area contributed by atoms with Gasteiger partial charge in [0.15, 0.2) is 5.75 Å². The van der Waals surface area contributed by atoms with Crippen LogP contribution in [0, 0.1) is 10.1 Å². The molecule has 2 rings (SSSR count). The van der Waals surface area contributed by atoms with Gasteiger partial charge in [-0.05, 0) is 30.3 Å². The van der Waals surface area contributed by atoms with Crippen LogP contribution in [-0.4, -0.2) is 24.7 Å². The topological polar surface area (TPSA) is 119 Å². The number of benzene rings is 2. The first-order chi connectivity index (χ1) is 10.2. The van der Waals surface area contributed by atoms with E-state index in [4.69, 9.17) is 4.74 Å². The molecule has 0 radical (unpaired) electrons. The van der Waals surface area contributed by atoms with Gasteiger partial charge in [-0.3, -0.25) is 14.8 Å². The van der Waals surface area contributed by atoms with Crippen molar-refractivity contribution in [2.45, 2.75) is 0 Å². The summed E-state index contributed by atoms with van der Waals surface area (Å²) >= 11 is 0. The number of phenolic OH excluding ortho intramolecular Hbond substituents is 1. The predicted molar refractivity (Wildman–Crippen MR) is 79.7 cm³/mol. The predicted octanol–water partition coefficient (Wildman–Crippen LogP) is 2.46. The number of aromatic hydroxyl groups is 1. The Hall–Kier alpha value is -2.81. The van der Waals surface area contributed by atoms with E-state index in [1.807, 2.05) is 0 Å². The highest BCUT2D eigenvalue weighted by Gasteiger charge is 2.15. The minimum atomic E-state index is -3.57. The van der Waals surface area contributed by atoms with Gasteiger partial charge in [0, 0.05) is 6.07 Å². The number of hydrogen-bond donors (Lipinski definition) is 2. The van der Waals surface area contributed by atoms with Crippen LogP contribution in [0.3, 0.4) is 0 Å². The van der Waals surface area contributed by atoms with Crippen molar-refractivity contribution in [2.24, 2.45) is 0 Å². The number of nitrogens with zero attached hydrogens (tertiary/aromatic N) is 1. The lowest BCUT2D eigenvalue weighted by molar-refractivity contribution is -0.384. The van der Waals surface area contributed by atoms with Gasteiger partial charge < -0.3 is 9.84 Å². The van der Waals surface area contributed by atoms with Crippen LogP contribution in [0.4, 0.5) is 11.4 Å². The van der Waals surface area contributed by atoms with Crippen molar-refractivity contribution in [3.05, 3.63) is 52.6 Å². The Morgan fingerprint density at radius 3 is 2.36 bits per heavy atom. The average Bonchev–Trinajstić information content (AvgIpc) is 2.41. The normalized spacial score (nSPS) is 11.0. The van der Waals surface area contributed by atoms with Crippen LogP contribution in [0.2, 0.25) is 0 Å². The van der Waals surface area contributed by atoms with Crippen molar-refractivity contribution >= 4 is 21.4 Å². The molecule has 0 unspecified atom stereocenters. The first kappa shape index (κ1) is 15.6. The van der Waals surface area contributed by atoms with Gasteiger partial charge in [0.25, 0.3) is 5.69 Å². The summed E-state index contributed by atoms with van der Waals surface area (Å²) in [6.07, 6.45) is 0.957. The number of non-ortho nitro benzene ring substituents is 1. The largest absolute Gasteiger partial charge is 0.508 e. The molecule has 0 aliphatic rings. The Kier molecular flexibility index (Phi) is 4.18. The molecule has 0 aromatic heterocycles. The van der Waals surface area contributed by atoms with Gasteiger partial charge in [0.2, 0.25) is 10.0 Å². The number of ether oxygens (including phenoxy) is 1. The second kappa shape index (κ2) is 5.90. The molecule has 0 atom stereocenters. The second-order valence-electron chi connectivity index (χ2n) is 4.41. The molecular weight excluding hydrogens is 312 g/mol. The Labute approximate surface area is 126 Å². The van der Waals surface area contributed by atoms with E-state index in [-0.39, 0.29) is 28.6 Å². The fraction of sp³-hybridized carbons (Fsp3) is 0.0769. The van der Waals surface area contributed by atoms with Crippen LogP contribution in [0.1, 0.15) is 0 Å². The molecule has 8 nitrogen and oxygen atoms in total. The monoisotopic (exact) mass is 324 g/mol. The molecule has 9 heteroatoms. The number of rotatable bonds is 5. The van der Waals surface area contributed by atoms with E-state index in [1.54, 1.807) is 0 Å². The molecule has 0 aliphatic carbocycles. The summed E-state index contributed by atoms with van der Waals surface area (Å²) in [5, 5.41) is 20.0. The van der Waals surface area contributed by atoms with Gasteiger partial charge in [-0.1, -0.05) is 0 Å². The van der Waals surface area contributed by atoms with E-state index >= 15 is 0 Å². The zero-order chi connectivity index (χ0) is 16.3. The van der Waals surface area contributed by atoms with Crippen molar-refractivity contribution in [3.8, 4) is 17.2 Å². The first-order valence-electron chi connectivity index (χ1n) is 5.98. The van der Waals surface area contributed by atoms with Gasteiger partial charge in [0.1, 0.15) is 11.5 Å². The number of hydrogen-bond acceptors (Lipinski definition) is 6. The standard InChI is InChI=1S/C13H12N2O6S/c1-22(19,20)14-12-7-2-9(15(17)18)8-13(12)21-11-5-3-10(16)4-6-11/h2-8,14,16H,1H3. The summed E-state index contributed by atoms with van der Waals surface area (Å²) in [7, 11) is -3.57. The highest BCUT2D eigenvalue weighted by atomic mass is 32.2. The third-order valence-electron chi connectivity index (χ3n) is 2.54. The summed E-state index contributed by atoms with van der Waals surface area (Å²) in [5.41, 5.74) is -0.172. The number of sulfonamides is 1. The molecule has 0 saturated heterocycles. The minimum absolute atomic E-state index is 0.0229. The lowest BCUT2D eigenvalue weighted by atomic mass is 10.2. The molecule has 0 spiro atoms. The molecular formula is C13H12N2O6S. The Balaban J connectivity index is 2.42. The van der Waals surface area contributed by atoms with Crippen molar-refractivity contribution in [1.29, 1.82) is 0 Å². The molecule has 2 aromatic rings. The molecule has 0 bridgehead atoms. The van der Waals surface area contributed by atoms with Crippen LogP contribution in [0.15, 0.2) is 42.5 Å². The minimum Gasteiger partial charge on any atom is -0.508 e. The Morgan fingerprint density at radius 2 is 1.82 bits per heavy atom. The molecule has 0 aliphatic heterocycles. The van der Waals surface area contributed by atoms with Crippen molar-refractivity contribution < 1.29 is 23.2 Å². The van der Waals surface area contributed by atoms with Crippen LogP contribution in [0.5, 0.6) is 17.2 Å². The molecule has 2 N–H and O–H groups in total. The molecule has 0 amide bonds. The van der Waals surface area contributed by atoms with Gasteiger partial charge in [-0.2, -0.15) is 0 Å². The third kappa shape index (κ3) is 4.09. The summed E-state index contributed by atoms with van der Waals surface area (Å²) in [4.78, 5) is 10.2. The first-order valence-corrected chi connectivity index (χ1v) is 7.87. The molecule has 116 valence electrons. The summed E-state index contributed by atoms with van der Waals surface area (Å²) in [6, 6.07) is 9.15. The SMILES string of the molecule is CS(=O)(=O)Nc1ccc([N+](=O)[O-])cc1Oc1ccc(O)cc1. The third-order valence-corrected chi connectivity index (χ3v) is 3.13. The zero-order valence-electron chi connectivity index (χ0n) is 11.4.